The van der Waals surface area contributed by atoms with Crippen molar-refractivity contribution in [1.29, 1.82) is 5.26 Å². The Balaban J connectivity index is 1.53. The summed E-state index contributed by atoms with van der Waals surface area (Å²) in [6, 6.07) is 12.1. The van der Waals surface area contributed by atoms with Gasteiger partial charge in [-0.3, -0.25) is 4.79 Å². The quantitative estimate of drug-likeness (QED) is 0.534. The second kappa shape index (κ2) is 8.48. The fraction of sp³-hybridized carbons (Fsp3) is 0.333. The van der Waals surface area contributed by atoms with Gasteiger partial charge in [-0.15, -0.1) is 10.2 Å². The summed E-state index contributed by atoms with van der Waals surface area (Å²) < 4.78 is 51.4. The summed E-state index contributed by atoms with van der Waals surface area (Å²) in [5.74, 6) is 0.0302. The van der Waals surface area contributed by atoms with E-state index in [1.54, 1.807) is 13.8 Å². The van der Waals surface area contributed by atoms with E-state index in [4.69, 9.17) is 14.4 Å². The number of aromatic nitrogens is 2. The first-order valence-electron chi connectivity index (χ1n) is 10.4. The molecule has 2 aromatic carbocycles. The van der Waals surface area contributed by atoms with E-state index in [0.29, 0.717) is 5.89 Å². The number of nitriles is 1. The van der Waals surface area contributed by atoms with Crippen LogP contribution in [0.2, 0.25) is 0 Å². The van der Waals surface area contributed by atoms with Crippen LogP contribution < -0.4 is 4.74 Å². The summed E-state index contributed by atoms with van der Waals surface area (Å²) in [5, 5.41) is 17.1. The van der Waals surface area contributed by atoms with Crippen molar-refractivity contribution in [2.45, 2.75) is 39.6 Å². The molecule has 0 saturated carbocycles. The minimum Gasteiger partial charge on any atom is -0.480 e. The van der Waals surface area contributed by atoms with E-state index in [2.05, 4.69) is 10.2 Å². The van der Waals surface area contributed by atoms with Crippen molar-refractivity contribution >= 4 is 5.91 Å². The summed E-state index contributed by atoms with van der Waals surface area (Å²) in [7, 11) is 0. The lowest BCUT2D eigenvalue weighted by molar-refractivity contribution is -0.138. The smallest absolute Gasteiger partial charge is 0.417 e. The number of hydrogen-bond acceptors (Lipinski definition) is 6. The van der Waals surface area contributed by atoms with Gasteiger partial charge in [0, 0.05) is 17.5 Å². The minimum absolute atomic E-state index is 0.0438. The molecule has 1 saturated heterocycles. The number of carbonyl (C=O) groups is 1. The Morgan fingerprint density at radius 1 is 1.24 bits per heavy atom. The topological polar surface area (TPSA) is 92.2 Å². The van der Waals surface area contributed by atoms with Gasteiger partial charge in [0.05, 0.1) is 23.7 Å². The maximum atomic E-state index is 13.3. The number of ether oxygens (including phenoxy) is 1. The lowest BCUT2D eigenvalue weighted by Gasteiger charge is -2.24. The van der Waals surface area contributed by atoms with Gasteiger partial charge in [0.25, 0.3) is 5.91 Å². The molecular weight excluding hydrogens is 449 g/mol. The molecule has 176 valence electrons. The summed E-state index contributed by atoms with van der Waals surface area (Å²) in [5.41, 5.74) is -0.578. The monoisotopic (exact) mass is 470 g/mol. The number of amides is 1. The first-order chi connectivity index (χ1) is 16.0. The number of benzene rings is 2. The predicted octanol–water partition coefficient (Wildman–Crippen LogP) is 4.75. The van der Waals surface area contributed by atoms with Gasteiger partial charge < -0.3 is 14.1 Å². The number of rotatable bonds is 5. The zero-order valence-corrected chi connectivity index (χ0v) is 18.7. The number of hydrogen-bond donors (Lipinski definition) is 0. The van der Waals surface area contributed by atoms with Crippen LogP contribution in [-0.4, -0.2) is 33.7 Å². The van der Waals surface area contributed by atoms with Crippen LogP contribution >= 0.6 is 0 Å². The molecule has 2 heterocycles. The van der Waals surface area contributed by atoms with Crippen molar-refractivity contribution in [2.75, 3.05) is 6.54 Å². The summed E-state index contributed by atoms with van der Waals surface area (Å²) in [4.78, 5) is 14.6. The van der Waals surface area contributed by atoms with Crippen molar-refractivity contribution < 1.29 is 27.1 Å². The summed E-state index contributed by atoms with van der Waals surface area (Å²) >= 11 is 0. The zero-order chi connectivity index (χ0) is 24.7. The third-order valence-corrected chi connectivity index (χ3v) is 5.68. The molecule has 1 aliphatic rings. The number of halogens is 3. The third-order valence-electron chi connectivity index (χ3n) is 5.68. The van der Waals surface area contributed by atoms with Crippen molar-refractivity contribution in [3.8, 4) is 23.3 Å². The first kappa shape index (κ1) is 23.3. The van der Waals surface area contributed by atoms with Crippen LogP contribution in [0.1, 0.15) is 36.4 Å². The van der Waals surface area contributed by atoms with E-state index < -0.39 is 34.7 Å². The summed E-state index contributed by atoms with van der Waals surface area (Å²) in [6.45, 7) is 5.82. The van der Waals surface area contributed by atoms with Gasteiger partial charge in [-0.1, -0.05) is 32.0 Å². The van der Waals surface area contributed by atoms with Gasteiger partial charge in [-0.05, 0) is 36.8 Å². The molecule has 1 aromatic heterocycles. The lowest BCUT2D eigenvalue weighted by atomic mass is 9.89. The molecule has 0 spiro atoms. The van der Waals surface area contributed by atoms with Crippen molar-refractivity contribution in [3.63, 3.8) is 0 Å². The average molecular weight is 470 g/mol. The molecule has 7 nitrogen and oxygen atoms in total. The largest absolute Gasteiger partial charge is 0.480 e. The number of carbonyl (C=O) groups excluding carboxylic acids is 1. The second-order valence-electron chi connectivity index (χ2n) is 8.81. The minimum atomic E-state index is -4.72. The van der Waals surface area contributed by atoms with Crippen LogP contribution in [-0.2, 0) is 17.5 Å². The Morgan fingerprint density at radius 2 is 1.97 bits per heavy atom. The van der Waals surface area contributed by atoms with Gasteiger partial charge in [0.2, 0.25) is 11.8 Å². The molecule has 1 amide bonds. The molecule has 34 heavy (non-hydrogen) atoms. The second-order valence-corrected chi connectivity index (χ2v) is 8.81. The fourth-order valence-corrected chi connectivity index (χ4v) is 3.96. The lowest BCUT2D eigenvalue weighted by Crippen LogP contribution is -2.36. The van der Waals surface area contributed by atoms with E-state index in [9.17, 15) is 18.0 Å². The molecule has 0 bridgehead atoms. The molecule has 0 aliphatic carbocycles. The van der Waals surface area contributed by atoms with Gasteiger partial charge >= 0.3 is 6.18 Å². The molecule has 0 radical (unpaired) electrons. The first-order valence-corrected chi connectivity index (χ1v) is 10.4. The summed E-state index contributed by atoms with van der Waals surface area (Å²) in [6.07, 6.45) is -5.75. The Bertz CT molecular complexity index is 1280. The van der Waals surface area contributed by atoms with Crippen molar-refractivity contribution in [2.24, 2.45) is 5.41 Å². The van der Waals surface area contributed by atoms with E-state index in [0.717, 1.165) is 23.3 Å². The predicted molar refractivity (Wildman–Crippen MR) is 114 cm³/mol. The van der Waals surface area contributed by atoms with Crippen LogP contribution in [0.15, 0.2) is 46.9 Å². The average Bonchev–Trinajstić information content (AvgIpc) is 3.31. The van der Waals surface area contributed by atoms with E-state index >= 15 is 0 Å². The number of likely N-dealkylation sites (tertiary alicyclic amines) is 1. The molecule has 10 heteroatoms. The number of aryl methyl sites for hydroxylation is 1. The zero-order valence-electron chi connectivity index (χ0n) is 18.7. The standard InChI is InChI=1S/C24H21F3N4O3/c1-14-6-4-5-7-17(14)21-30-29-19(34-21)12-31-13-23(2,3)20(22(31)32)33-16-9-8-15(11-28)18(10-16)24(25,26)27/h4-10,20H,12-13H2,1-3H3. The third kappa shape index (κ3) is 4.46. The van der Waals surface area contributed by atoms with Gasteiger partial charge in [0.1, 0.15) is 5.75 Å². The van der Waals surface area contributed by atoms with E-state index in [1.807, 2.05) is 31.2 Å². The van der Waals surface area contributed by atoms with Gasteiger partial charge in [-0.25, -0.2) is 0 Å². The van der Waals surface area contributed by atoms with Gasteiger partial charge in [-0.2, -0.15) is 18.4 Å². The molecular formula is C24H21F3N4O3. The van der Waals surface area contributed by atoms with E-state index in [-0.39, 0.29) is 24.7 Å². The molecule has 1 fully saturated rings. The number of alkyl halides is 3. The van der Waals surface area contributed by atoms with Crippen molar-refractivity contribution in [1.82, 2.24) is 15.1 Å². The molecule has 0 N–H and O–H groups in total. The highest BCUT2D eigenvalue weighted by Gasteiger charge is 2.48. The SMILES string of the molecule is Cc1ccccc1-c1nnc(CN2CC(C)(C)C(Oc3ccc(C#N)c(C(F)(F)F)c3)C2=O)o1. The normalized spacial score (nSPS) is 17.6. The Hall–Kier alpha value is -3.87. The Labute approximate surface area is 193 Å². The maximum Gasteiger partial charge on any atom is 0.417 e. The maximum absolute atomic E-state index is 13.3. The highest BCUT2D eigenvalue weighted by atomic mass is 19.4. The Kier molecular flexibility index (Phi) is 5.81. The van der Waals surface area contributed by atoms with Crippen LogP contribution in [0, 0.1) is 23.7 Å². The Morgan fingerprint density at radius 3 is 2.65 bits per heavy atom. The van der Waals surface area contributed by atoms with Crippen LogP contribution in [0.4, 0.5) is 13.2 Å². The molecule has 1 atom stereocenters. The molecule has 4 rings (SSSR count). The highest BCUT2D eigenvalue weighted by Crippen LogP contribution is 2.38. The molecule has 3 aromatic rings. The van der Waals surface area contributed by atoms with Crippen LogP contribution in [0.3, 0.4) is 0 Å². The fourth-order valence-electron chi connectivity index (χ4n) is 3.96. The van der Waals surface area contributed by atoms with Gasteiger partial charge in [0.15, 0.2) is 6.10 Å². The highest BCUT2D eigenvalue weighted by molar-refractivity contribution is 5.84. The van der Waals surface area contributed by atoms with Crippen molar-refractivity contribution in [3.05, 3.63) is 65.0 Å². The molecule has 1 unspecified atom stereocenters. The van der Waals surface area contributed by atoms with E-state index in [1.165, 1.54) is 17.0 Å². The van der Waals surface area contributed by atoms with Crippen LogP contribution in [0.5, 0.6) is 5.75 Å². The number of nitrogens with zero attached hydrogens (tertiary/aromatic N) is 4. The molecule has 1 aliphatic heterocycles. The van der Waals surface area contributed by atoms with Crippen LogP contribution in [0.25, 0.3) is 11.5 Å².